The Bertz CT molecular complexity index is 52.1. The lowest BCUT2D eigenvalue weighted by molar-refractivity contribution is 0.108. The van der Waals surface area contributed by atoms with Gasteiger partial charge in [0.15, 0.2) is 0 Å². The van der Waals surface area contributed by atoms with Crippen molar-refractivity contribution in [1.82, 2.24) is 0 Å². The zero-order valence-corrected chi connectivity index (χ0v) is 3.43. The van der Waals surface area contributed by atoms with Gasteiger partial charge in [0, 0.05) is 0 Å². The molecule has 1 saturated heterocycles. The lowest BCUT2D eigenvalue weighted by atomic mass is 10.5. The average molecular weight is 114 g/mol. The first-order valence-electron chi connectivity index (χ1n) is 1.70. The van der Waals surface area contributed by atoms with E-state index in [2.05, 4.69) is 4.74 Å². The van der Waals surface area contributed by atoms with Gasteiger partial charge in [-0.25, -0.2) is 8.78 Å². The largest absolute Gasteiger partial charge is 0.367 e. The maximum atomic E-state index is 11.1. The van der Waals surface area contributed by atoms with Gasteiger partial charge in [0.1, 0.15) is 6.10 Å². The predicted molar refractivity (Wildman–Crippen MR) is 18.2 cm³/mol. The molecule has 4 heteroatoms. The minimum atomic E-state index is -2.26. The van der Waals surface area contributed by atoms with E-state index in [-0.39, 0.29) is 11.3 Å². The van der Waals surface area contributed by atoms with Crippen LogP contribution in [0.15, 0.2) is 0 Å². The third-order valence-electron chi connectivity index (χ3n) is 0.640. The summed E-state index contributed by atoms with van der Waals surface area (Å²) in [6.07, 6.45) is -2.99. The summed E-state index contributed by atoms with van der Waals surface area (Å²) in [6, 6.07) is 0. The van der Waals surface area contributed by atoms with Gasteiger partial charge in [0.05, 0.1) is 6.61 Å². The molecule has 1 aliphatic rings. The molecular weight excluding hydrogens is 109 g/mol. The van der Waals surface area contributed by atoms with Gasteiger partial charge in [-0.1, -0.05) is 0 Å². The fourth-order valence-electron chi connectivity index (χ4n) is 0.201. The first kappa shape index (κ1) is 6.75. The normalized spacial score (nSPS) is 27.0. The van der Waals surface area contributed by atoms with Crippen molar-refractivity contribution in [2.45, 2.75) is 12.5 Å². The molecule has 1 rings (SSSR count). The zero-order chi connectivity index (χ0) is 4.57. The van der Waals surface area contributed by atoms with Gasteiger partial charge in [-0.15, -0.1) is 0 Å². The molecule has 0 radical (unpaired) electrons. The van der Waals surface area contributed by atoms with E-state index >= 15 is 0 Å². The zero-order valence-electron chi connectivity index (χ0n) is 3.43. The molecule has 1 unspecified atom stereocenters. The molecule has 0 aliphatic carbocycles. The monoisotopic (exact) mass is 114 g/mol. The Kier molecular flexibility index (Phi) is 2.08. The highest BCUT2D eigenvalue weighted by Gasteiger charge is 2.32. The van der Waals surface area contributed by atoms with Gasteiger partial charge in [-0.2, -0.15) is 0 Å². The predicted octanol–water partition coefficient (Wildman–Crippen LogP) is 0.803. The van der Waals surface area contributed by atoms with Gasteiger partial charge < -0.3 is 4.74 Å². The Balaban J connectivity index is 0.000000360. The smallest absolute Gasteiger partial charge is 0.266 e. The van der Waals surface area contributed by atoms with E-state index in [9.17, 15) is 8.78 Å². The standard InChI is InChI=1S/C3H4F2O.FH/c4-3(5)2-1-6-2;/h2-3H,1H2;1H. The van der Waals surface area contributed by atoms with Crippen LogP contribution in [0.1, 0.15) is 0 Å². The summed E-state index contributed by atoms with van der Waals surface area (Å²) in [5.74, 6) is 0. The Morgan fingerprint density at radius 1 is 1.57 bits per heavy atom. The van der Waals surface area contributed by atoms with Gasteiger partial charge in [0.2, 0.25) is 0 Å². The van der Waals surface area contributed by atoms with E-state index in [4.69, 9.17) is 0 Å². The molecule has 1 heterocycles. The highest BCUT2D eigenvalue weighted by atomic mass is 19.3. The van der Waals surface area contributed by atoms with Crippen molar-refractivity contribution < 1.29 is 18.2 Å². The lowest BCUT2D eigenvalue weighted by Gasteiger charge is -1.82. The molecule has 0 aromatic heterocycles. The van der Waals surface area contributed by atoms with Crippen molar-refractivity contribution >= 4 is 0 Å². The summed E-state index contributed by atoms with van der Waals surface area (Å²) in [5.41, 5.74) is 0. The molecule has 0 bridgehead atoms. The van der Waals surface area contributed by atoms with Crippen LogP contribution in [0, 0.1) is 0 Å². The van der Waals surface area contributed by atoms with Crippen LogP contribution in [-0.4, -0.2) is 19.1 Å². The topological polar surface area (TPSA) is 12.5 Å². The number of epoxide rings is 1. The highest BCUT2D eigenvalue weighted by Crippen LogP contribution is 2.16. The number of halogens is 3. The van der Waals surface area contributed by atoms with Crippen LogP contribution in [0.2, 0.25) is 0 Å². The third-order valence-corrected chi connectivity index (χ3v) is 0.640. The molecule has 0 aromatic carbocycles. The maximum absolute atomic E-state index is 11.1. The van der Waals surface area contributed by atoms with Crippen LogP contribution in [0.5, 0.6) is 0 Å². The molecule has 7 heavy (non-hydrogen) atoms. The van der Waals surface area contributed by atoms with Crippen LogP contribution in [-0.2, 0) is 4.74 Å². The highest BCUT2D eigenvalue weighted by molar-refractivity contribution is 4.70. The fourth-order valence-corrected chi connectivity index (χ4v) is 0.201. The van der Waals surface area contributed by atoms with Crippen molar-refractivity contribution in [1.29, 1.82) is 0 Å². The third kappa shape index (κ3) is 1.77. The molecule has 1 aliphatic heterocycles. The number of hydrogen-bond donors (Lipinski definition) is 0. The SMILES string of the molecule is F.FC(F)C1CO1. The first-order valence-corrected chi connectivity index (χ1v) is 1.70. The molecule has 0 N–H and O–H groups in total. The summed E-state index contributed by atoms with van der Waals surface area (Å²) in [7, 11) is 0. The summed E-state index contributed by atoms with van der Waals surface area (Å²) in [4.78, 5) is 0. The summed E-state index contributed by atoms with van der Waals surface area (Å²) in [5, 5.41) is 0. The molecule has 0 amide bonds. The van der Waals surface area contributed by atoms with Gasteiger partial charge in [-0.3, -0.25) is 4.70 Å². The molecule has 1 nitrogen and oxygen atoms in total. The maximum Gasteiger partial charge on any atom is 0.266 e. The van der Waals surface area contributed by atoms with Gasteiger partial charge in [-0.05, 0) is 0 Å². The van der Waals surface area contributed by atoms with E-state index in [0.717, 1.165) is 0 Å². The van der Waals surface area contributed by atoms with E-state index in [1.54, 1.807) is 0 Å². The van der Waals surface area contributed by atoms with Crippen molar-refractivity contribution in [2.24, 2.45) is 0 Å². The second-order valence-corrected chi connectivity index (χ2v) is 1.21. The molecular formula is C3H5F3O. The van der Waals surface area contributed by atoms with Crippen LogP contribution in [0.3, 0.4) is 0 Å². The molecule has 44 valence electrons. The van der Waals surface area contributed by atoms with Crippen molar-refractivity contribution in [2.75, 3.05) is 6.61 Å². The van der Waals surface area contributed by atoms with Crippen LogP contribution >= 0.6 is 0 Å². The van der Waals surface area contributed by atoms with Crippen molar-refractivity contribution in [3.05, 3.63) is 0 Å². The summed E-state index contributed by atoms with van der Waals surface area (Å²) < 4.78 is 26.4. The Morgan fingerprint density at radius 2 is 2.00 bits per heavy atom. The Hall–Kier alpha value is -0.250. The summed E-state index contributed by atoms with van der Waals surface area (Å²) in [6.45, 7) is 0.248. The van der Waals surface area contributed by atoms with Crippen LogP contribution in [0.25, 0.3) is 0 Å². The molecule has 1 atom stereocenters. The number of alkyl halides is 2. The van der Waals surface area contributed by atoms with E-state index in [0.29, 0.717) is 0 Å². The molecule has 0 saturated carbocycles. The first-order chi connectivity index (χ1) is 2.80. The van der Waals surface area contributed by atoms with Crippen molar-refractivity contribution in [3.63, 3.8) is 0 Å². The van der Waals surface area contributed by atoms with E-state index in [1.807, 2.05) is 0 Å². The summed E-state index contributed by atoms with van der Waals surface area (Å²) >= 11 is 0. The quantitative estimate of drug-likeness (QED) is 0.459. The molecule has 0 spiro atoms. The Morgan fingerprint density at radius 3 is 2.00 bits per heavy atom. The van der Waals surface area contributed by atoms with Gasteiger partial charge in [0.25, 0.3) is 6.43 Å². The minimum Gasteiger partial charge on any atom is -0.367 e. The number of ether oxygens (including phenoxy) is 1. The average Bonchev–Trinajstić information content (AvgIpc) is 2.06. The van der Waals surface area contributed by atoms with E-state index in [1.165, 1.54) is 0 Å². The second-order valence-electron chi connectivity index (χ2n) is 1.21. The van der Waals surface area contributed by atoms with Crippen LogP contribution < -0.4 is 0 Å². The van der Waals surface area contributed by atoms with Crippen molar-refractivity contribution in [3.8, 4) is 0 Å². The Labute approximate surface area is 38.6 Å². The van der Waals surface area contributed by atoms with Crippen LogP contribution in [0.4, 0.5) is 13.5 Å². The van der Waals surface area contributed by atoms with E-state index < -0.39 is 12.5 Å². The molecule has 0 aromatic rings. The molecule has 1 fully saturated rings. The minimum absolute atomic E-state index is 0. The fraction of sp³-hybridized carbons (Fsp3) is 1.00. The lowest BCUT2D eigenvalue weighted by Crippen LogP contribution is -1.98. The second kappa shape index (κ2) is 2.16. The number of rotatable bonds is 1. The number of hydrogen-bond acceptors (Lipinski definition) is 1. The van der Waals surface area contributed by atoms with Gasteiger partial charge >= 0.3 is 0 Å².